The number of nitrogens with one attached hydrogen (secondary N) is 1. The van der Waals surface area contributed by atoms with Crippen molar-refractivity contribution in [2.24, 2.45) is 5.92 Å². The average molecular weight is 515 g/mol. The van der Waals surface area contributed by atoms with Crippen LogP contribution in [0.5, 0.6) is 0 Å². The van der Waals surface area contributed by atoms with Crippen LogP contribution in [0.15, 0.2) is 42.5 Å². The quantitative estimate of drug-likeness (QED) is 0.648. The highest BCUT2D eigenvalue weighted by atomic mass is 19.4. The third-order valence-corrected chi connectivity index (χ3v) is 7.21. The second kappa shape index (κ2) is 10.1. The van der Waals surface area contributed by atoms with Crippen LogP contribution >= 0.6 is 0 Å². The first-order chi connectivity index (χ1) is 17.7. The summed E-state index contributed by atoms with van der Waals surface area (Å²) in [6.07, 6.45) is -0.673. The fraction of sp³-hybridized carbons (Fsp3) is 0.444. The van der Waals surface area contributed by atoms with Crippen LogP contribution in [-0.2, 0) is 11.0 Å². The number of likely N-dealkylation sites (tertiary alicyclic amines) is 1. The zero-order chi connectivity index (χ0) is 26.2. The molecule has 1 aliphatic carbocycles. The Morgan fingerprint density at radius 3 is 2.05 bits per heavy atom. The number of benzene rings is 2. The first-order valence-electron chi connectivity index (χ1n) is 12.7. The molecular formula is C27H29F3N4O3. The maximum atomic E-state index is 13.4. The van der Waals surface area contributed by atoms with E-state index in [4.69, 9.17) is 0 Å². The van der Waals surface area contributed by atoms with E-state index in [1.807, 2.05) is 4.90 Å². The molecule has 2 aliphatic heterocycles. The number of amides is 3. The molecule has 0 aromatic heterocycles. The summed E-state index contributed by atoms with van der Waals surface area (Å²) in [5.74, 6) is -0.288. The lowest BCUT2D eigenvalue weighted by molar-refractivity contribution is -0.137. The number of carbonyl (C=O) groups excluding carboxylic acids is 3. The monoisotopic (exact) mass is 514 g/mol. The number of nitrogens with zero attached hydrogens (tertiary/aromatic N) is 3. The Balaban J connectivity index is 1.34. The third-order valence-electron chi connectivity index (χ3n) is 7.21. The molecular weight excluding hydrogens is 485 g/mol. The van der Waals surface area contributed by atoms with Crippen LogP contribution < -0.4 is 10.2 Å². The summed E-state index contributed by atoms with van der Waals surface area (Å²) >= 11 is 0. The number of carbonyl (C=O) groups is 3. The molecule has 7 nitrogen and oxygen atoms in total. The third kappa shape index (κ3) is 5.57. The fourth-order valence-corrected chi connectivity index (χ4v) is 4.92. The molecule has 2 heterocycles. The lowest BCUT2D eigenvalue weighted by atomic mass is 10.1. The molecule has 0 radical (unpaired) electrons. The largest absolute Gasteiger partial charge is 0.416 e. The van der Waals surface area contributed by atoms with E-state index in [1.165, 1.54) is 0 Å². The number of rotatable bonds is 5. The van der Waals surface area contributed by atoms with Gasteiger partial charge in [-0.2, -0.15) is 13.2 Å². The average Bonchev–Trinajstić information content (AvgIpc) is 3.61. The summed E-state index contributed by atoms with van der Waals surface area (Å²) < 4.78 is 38.5. The van der Waals surface area contributed by atoms with E-state index in [1.54, 1.807) is 23.1 Å². The van der Waals surface area contributed by atoms with Crippen LogP contribution in [0.25, 0.3) is 0 Å². The van der Waals surface area contributed by atoms with E-state index in [9.17, 15) is 27.6 Å². The van der Waals surface area contributed by atoms with Gasteiger partial charge in [0.2, 0.25) is 5.91 Å². The van der Waals surface area contributed by atoms with E-state index in [2.05, 4.69) is 10.2 Å². The van der Waals surface area contributed by atoms with Gasteiger partial charge in [0, 0.05) is 62.1 Å². The van der Waals surface area contributed by atoms with E-state index in [0.717, 1.165) is 55.6 Å². The molecule has 3 amide bonds. The molecule has 1 N–H and O–H groups in total. The van der Waals surface area contributed by atoms with Gasteiger partial charge in [0.1, 0.15) is 0 Å². The molecule has 5 rings (SSSR count). The van der Waals surface area contributed by atoms with Crippen molar-refractivity contribution in [3.63, 3.8) is 0 Å². The smallest absolute Gasteiger partial charge is 0.367 e. The summed E-state index contributed by atoms with van der Waals surface area (Å²) in [6, 6.07) is 9.13. The molecule has 37 heavy (non-hydrogen) atoms. The first kappa shape index (κ1) is 25.1. The molecule has 10 heteroatoms. The van der Waals surface area contributed by atoms with Crippen LogP contribution in [0.3, 0.4) is 0 Å². The zero-order valence-electron chi connectivity index (χ0n) is 20.4. The lowest BCUT2D eigenvalue weighted by Crippen LogP contribution is -2.49. The molecule has 196 valence electrons. The summed E-state index contributed by atoms with van der Waals surface area (Å²) in [5, 5.41) is 2.71. The number of piperazine rings is 1. The molecule has 2 aromatic rings. The highest BCUT2D eigenvalue weighted by Crippen LogP contribution is 2.33. The first-order valence-corrected chi connectivity index (χ1v) is 12.7. The minimum Gasteiger partial charge on any atom is -0.367 e. The van der Waals surface area contributed by atoms with Gasteiger partial charge in [0.25, 0.3) is 11.8 Å². The SMILES string of the molecule is O=C(Nc1ccc(N2CCN(C(=O)C3CC3)CC2)c(C(=O)N2CCCC2)c1)c1ccc(C(F)(F)F)cc1. The summed E-state index contributed by atoms with van der Waals surface area (Å²) in [7, 11) is 0. The van der Waals surface area contributed by atoms with E-state index in [0.29, 0.717) is 50.5 Å². The van der Waals surface area contributed by atoms with E-state index < -0.39 is 17.6 Å². The molecule has 3 aliphatic rings. The van der Waals surface area contributed by atoms with Gasteiger partial charge in [-0.15, -0.1) is 0 Å². The van der Waals surface area contributed by atoms with Crippen molar-refractivity contribution in [1.29, 1.82) is 0 Å². The maximum Gasteiger partial charge on any atom is 0.416 e. The Hall–Kier alpha value is -3.56. The maximum absolute atomic E-state index is 13.4. The summed E-state index contributed by atoms with van der Waals surface area (Å²) in [6.45, 7) is 3.75. The number of hydrogen-bond donors (Lipinski definition) is 1. The van der Waals surface area contributed by atoms with Gasteiger partial charge in [0.15, 0.2) is 0 Å². The Bertz CT molecular complexity index is 1180. The van der Waals surface area contributed by atoms with Crippen LogP contribution in [0, 0.1) is 5.92 Å². The van der Waals surface area contributed by atoms with Gasteiger partial charge in [-0.25, -0.2) is 0 Å². The van der Waals surface area contributed by atoms with Crippen molar-refractivity contribution in [2.45, 2.75) is 31.9 Å². The minimum atomic E-state index is -4.48. The number of anilines is 2. The van der Waals surface area contributed by atoms with Crippen LogP contribution in [0.2, 0.25) is 0 Å². The molecule has 0 unspecified atom stereocenters. The van der Waals surface area contributed by atoms with Crippen molar-refractivity contribution >= 4 is 29.1 Å². The minimum absolute atomic E-state index is 0.0842. The van der Waals surface area contributed by atoms with Crippen molar-refractivity contribution in [2.75, 3.05) is 49.5 Å². The molecule has 0 atom stereocenters. The van der Waals surface area contributed by atoms with Crippen LogP contribution in [0.4, 0.5) is 24.5 Å². The predicted molar refractivity (Wildman–Crippen MR) is 132 cm³/mol. The molecule has 2 saturated heterocycles. The summed E-state index contributed by atoms with van der Waals surface area (Å²) in [4.78, 5) is 44.4. The van der Waals surface area contributed by atoms with Crippen LogP contribution in [0.1, 0.15) is 52.0 Å². The molecule has 0 spiro atoms. The Morgan fingerprint density at radius 2 is 1.46 bits per heavy atom. The number of halogens is 3. The highest BCUT2D eigenvalue weighted by molar-refractivity contribution is 6.06. The van der Waals surface area contributed by atoms with Gasteiger partial charge in [0.05, 0.1) is 11.1 Å². The van der Waals surface area contributed by atoms with Crippen molar-refractivity contribution in [3.05, 3.63) is 59.2 Å². The van der Waals surface area contributed by atoms with Crippen LogP contribution in [-0.4, -0.2) is 66.8 Å². The van der Waals surface area contributed by atoms with Gasteiger partial charge in [-0.1, -0.05) is 0 Å². The highest BCUT2D eigenvalue weighted by Gasteiger charge is 2.35. The molecule has 2 aromatic carbocycles. The number of hydrogen-bond acceptors (Lipinski definition) is 4. The molecule has 3 fully saturated rings. The van der Waals surface area contributed by atoms with Gasteiger partial charge < -0.3 is 20.0 Å². The Morgan fingerprint density at radius 1 is 0.811 bits per heavy atom. The van der Waals surface area contributed by atoms with Crippen molar-refractivity contribution in [3.8, 4) is 0 Å². The fourth-order valence-electron chi connectivity index (χ4n) is 4.92. The Labute approximate surface area is 213 Å². The number of alkyl halides is 3. The predicted octanol–water partition coefficient (Wildman–Crippen LogP) is 4.25. The molecule has 1 saturated carbocycles. The summed E-state index contributed by atoms with van der Waals surface area (Å²) in [5.41, 5.74) is 0.863. The lowest BCUT2D eigenvalue weighted by Gasteiger charge is -2.37. The van der Waals surface area contributed by atoms with E-state index in [-0.39, 0.29) is 23.3 Å². The van der Waals surface area contributed by atoms with Gasteiger partial charge in [-0.05, 0) is 68.1 Å². The zero-order valence-corrected chi connectivity index (χ0v) is 20.4. The normalized spacial score (nSPS) is 18.2. The van der Waals surface area contributed by atoms with Crippen molar-refractivity contribution in [1.82, 2.24) is 9.80 Å². The standard InChI is InChI=1S/C27H29F3N4O3/c28-27(29,30)20-7-5-18(6-8-20)24(35)31-21-9-10-23(22(17-21)26(37)33-11-1-2-12-33)32-13-15-34(16-14-32)25(36)19-3-4-19/h5-10,17,19H,1-4,11-16H2,(H,31,35). The second-order valence-corrected chi connectivity index (χ2v) is 9.85. The van der Waals surface area contributed by atoms with E-state index >= 15 is 0 Å². The van der Waals surface area contributed by atoms with Gasteiger partial charge >= 0.3 is 6.18 Å². The topological polar surface area (TPSA) is 73.0 Å². The second-order valence-electron chi connectivity index (χ2n) is 9.85. The van der Waals surface area contributed by atoms with Gasteiger partial charge in [-0.3, -0.25) is 14.4 Å². The van der Waals surface area contributed by atoms with Crippen molar-refractivity contribution < 1.29 is 27.6 Å². The molecule has 0 bridgehead atoms. The Kier molecular flexibility index (Phi) is 6.83.